The van der Waals surface area contributed by atoms with Crippen molar-refractivity contribution in [3.63, 3.8) is 0 Å². The zero-order valence-electron chi connectivity index (χ0n) is 11.2. The van der Waals surface area contributed by atoms with Crippen LogP contribution in [0.4, 0.5) is 5.69 Å². The van der Waals surface area contributed by atoms with Gasteiger partial charge in [-0.25, -0.2) is 9.67 Å². The summed E-state index contributed by atoms with van der Waals surface area (Å²) in [6.45, 7) is 0. The molecule has 20 heavy (non-hydrogen) atoms. The summed E-state index contributed by atoms with van der Waals surface area (Å²) < 4.78 is 1.65. The minimum Gasteiger partial charge on any atom is -0.325 e. The van der Waals surface area contributed by atoms with Crippen LogP contribution in [-0.2, 0) is 4.79 Å². The lowest BCUT2D eigenvalue weighted by Crippen LogP contribution is -2.36. The van der Waals surface area contributed by atoms with Gasteiger partial charge in [0.25, 0.3) is 0 Å². The second-order valence-electron chi connectivity index (χ2n) is 4.26. The Morgan fingerprint density at radius 3 is 2.80 bits per heavy atom. The molecule has 2 rings (SSSR count). The van der Waals surface area contributed by atoms with Gasteiger partial charge in [0, 0.05) is 5.69 Å². The predicted octanol–water partition coefficient (Wildman–Crippen LogP) is 1.29. The van der Waals surface area contributed by atoms with E-state index in [9.17, 15) is 4.79 Å². The molecule has 1 heterocycles. The van der Waals surface area contributed by atoms with Gasteiger partial charge in [0.1, 0.15) is 12.7 Å². The largest absolute Gasteiger partial charge is 0.325 e. The van der Waals surface area contributed by atoms with E-state index in [0.29, 0.717) is 6.42 Å². The molecule has 6 nitrogen and oxygen atoms in total. The Bertz CT molecular complexity index is 540. The van der Waals surface area contributed by atoms with Crippen molar-refractivity contribution in [2.75, 3.05) is 17.3 Å². The quantitative estimate of drug-likeness (QED) is 0.837. The van der Waals surface area contributed by atoms with E-state index in [0.717, 1.165) is 17.1 Å². The van der Waals surface area contributed by atoms with E-state index in [1.54, 1.807) is 22.8 Å². The van der Waals surface area contributed by atoms with Gasteiger partial charge in [-0.1, -0.05) is 0 Å². The summed E-state index contributed by atoms with van der Waals surface area (Å²) in [6.07, 6.45) is 5.75. The molecule has 0 bridgehead atoms. The highest BCUT2D eigenvalue weighted by Gasteiger charge is 2.12. The third-order valence-corrected chi connectivity index (χ3v) is 3.43. The van der Waals surface area contributed by atoms with Gasteiger partial charge >= 0.3 is 0 Å². The normalized spacial score (nSPS) is 12.1. The van der Waals surface area contributed by atoms with Crippen molar-refractivity contribution in [3.8, 4) is 5.69 Å². The molecule has 3 N–H and O–H groups in total. The Hall–Kier alpha value is -1.86. The minimum atomic E-state index is -0.475. The number of nitrogens with zero attached hydrogens (tertiary/aromatic N) is 3. The lowest BCUT2D eigenvalue weighted by molar-refractivity contribution is -0.117. The van der Waals surface area contributed by atoms with Crippen molar-refractivity contribution in [3.05, 3.63) is 36.9 Å². The molecular formula is C13H17N5OS. The number of nitrogens with one attached hydrogen (secondary N) is 1. The van der Waals surface area contributed by atoms with Gasteiger partial charge in [-0.15, -0.1) is 0 Å². The van der Waals surface area contributed by atoms with Gasteiger partial charge in [0.15, 0.2) is 0 Å². The molecule has 2 aromatic rings. The van der Waals surface area contributed by atoms with Crippen LogP contribution >= 0.6 is 11.8 Å². The van der Waals surface area contributed by atoms with Gasteiger partial charge in [-0.3, -0.25) is 4.79 Å². The maximum atomic E-state index is 11.9. The number of thioether (sulfide) groups is 1. The zero-order chi connectivity index (χ0) is 14.4. The van der Waals surface area contributed by atoms with E-state index >= 15 is 0 Å². The highest BCUT2D eigenvalue weighted by Crippen LogP contribution is 2.12. The zero-order valence-corrected chi connectivity index (χ0v) is 12.0. The highest BCUT2D eigenvalue weighted by atomic mass is 32.2. The van der Waals surface area contributed by atoms with Gasteiger partial charge in [0.2, 0.25) is 5.91 Å². The lowest BCUT2D eigenvalue weighted by Gasteiger charge is -2.12. The fraction of sp³-hybridized carbons (Fsp3) is 0.308. The monoisotopic (exact) mass is 291 g/mol. The summed E-state index contributed by atoms with van der Waals surface area (Å²) in [5.74, 6) is 0.715. The number of rotatable bonds is 6. The van der Waals surface area contributed by atoms with E-state index in [2.05, 4.69) is 15.4 Å². The summed E-state index contributed by atoms with van der Waals surface area (Å²) in [4.78, 5) is 15.7. The maximum absolute atomic E-state index is 11.9. The van der Waals surface area contributed by atoms with E-state index in [4.69, 9.17) is 5.73 Å². The van der Waals surface area contributed by atoms with Crippen LogP contribution in [0.2, 0.25) is 0 Å². The third kappa shape index (κ3) is 3.82. The van der Waals surface area contributed by atoms with E-state index < -0.39 is 6.04 Å². The molecule has 1 atom stereocenters. The van der Waals surface area contributed by atoms with Crippen molar-refractivity contribution in [2.45, 2.75) is 12.5 Å². The van der Waals surface area contributed by atoms with Crippen LogP contribution in [0.25, 0.3) is 5.69 Å². The topological polar surface area (TPSA) is 85.8 Å². The van der Waals surface area contributed by atoms with Crippen LogP contribution in [0.15, 0.2) is 36.9 Å². The molecule has 7 heteroatoms. The van der Waals surface area contributed by atoms with Crippen LogP contribution in [0.3, 0.4) is 0 Å². The van der Waals surface area contributed by atoms with Crippen LogP contribution in [0, 0.1) is 0 Å². The molecule has 1 aromatic heterocycles. The molecule has 1 aromatic carbocycles. The van der Waals surface area contributed by atoms with E-state index in [-0.39, 0.29) is 5.91 Å². The predicted molar refractivity (Wildman–Crippen MR) is 81.0 cm³/mol. The molecule has 0 aliphatic carbocycles. The number of hydrogen-bond acceptors (Lipinski definition) is 5. The maximum Gasteiger partial charge on any atom is 0.241 e. The molecule has 0 saturated heterocycles. The fourth-order valence-electron chi connectivity index (χ4n) is 1.65. The SMILES string of the molecule is CSCC[C@@H](N)C(=O)Nc1ccc(-n2cncn2)cc1. The van der Waals surface area contributed by atoms with Crippen LogP contribution in [0.1, 0.15) is 6.42 Å². The first-order valence-corrected chi connectivity index (χ1v) is 7.60. The molecule has 0 spiro atoms. The first-order valence-electron chi connectivity index (χ1n) is 6.21. The smallest absolute Gasteiger partial charge is 0.241 e. The number of aromatic nitrogens is 3. The van der Waals surface area contributed by atoms with E-state index in [1.165, 1.54) is 6.33 Å². The summed E-state index contributed by atoms with van der Waals surface area (Å²) in [5.41, 5.74) is 7.41. The number of hydrogen-bond donors (Lipinski definition) is 2. The number of amides is 1. The van der Waals surface area contributed by atoms with Crippen molar-refractivity contribution in [1.82, 2.24) is 14.8 Å². The Labute approximate surface area is 121 Å². The third-order valence-electron chi connectivity index (χ3n) is 2.79. The summed E-state index contributed by atoms with van der Waals surface area (Å²) >= 11 is 1.68. The Morgan fingerprint density at radius 1 is 1.45 bits per heavy atom. The molecule has 0 unspecified atom stereocenters. The van der Waals surface area contributed by atoms with E-state index in [1.807, 2.05) is 30.5 Å². The van der Waals surface area contributed by atoms with Crippen molar-refractivity contribution in [2.24, 2.45) is 5.73 Å². The number of benzene rings is 1. The summed E-state index contributed by atoms with van der Waals surface area (Å²) in [5, 5.41) is 6.84. The van der Waals surface area contributed by atoms with Gasteiger partial charge in [0.05, 0.1) is 11.7 Å². The van der Waals surface area contributed by atoms with Crippen molar-refractivity contribution < 1.29 is 4.79 Å². The second-order valence-corrected chi connectivity index (χ2v) is 5.25. The molecule has 0 saturated carbocycles. The van der Waals surface area contributed by atoms with Crippen LogP contribution in [-0.4, -0.2) is 38.7 Å². The number of anilines is 1. The first-order chi connectivity index (χ1) is 9.70. The number of carbonyl (C=O) groups is 1. The Balaban J connectivity index is 1.95. The second kappa shape index (κ2) is 7.06. The highest BCUT2D eigenvalue weighted by molar-refractivity contribution is 7.98. The molecule has 0 radical (unpaired) electrons. The van der Waals surface area contributed by atoms with Crippen LogP contribution in [0.5, 0.6) is 0 Å². The Morgan fingerprint density at radius 2 is 2.20 bits per heavy atom. The lowest BCUT2D eigenvalue weighted by atomic mass is 10.2. The minimum absolute atomic E-state index is 0.160. The number of nitrogens with two attached hydrogens (primary N) is 1. The molecule has 106 valence electrons. The van der Waals surface area contributed by atoms with Crippen molar-refractivity contribution in [1.29, 1.82) is 0 Å². The van der Waals surface area contributed by atoms with Gasteiger partial charge in [-0.05, 0) is 42.7 Å². The summed E-state index contributed by atoms with van der Waals surface area (Å²) in [7, 11) is 0. The number of carbonyl (C=O) groups excluding carboxylic acids is 1. The molecule has 0 aliphatic rings. The average Bonchev–Trinajstić information content (AvgIpc) is 2.99. The van der Waals surface area contributed by atoms with Gasteiger partial charge in [-0.2, -0.15) is 16.9 Å². The summed E-state index contributed by atoms with van der Waals surface area (Å²) in [6, 6.07) is 6.87. The van der Waals surface area contributed by atoms with Gasteiger partial charge < -0.3 is 11.1 Å². The average molecular weight is 291 g/mol. The molecule has 1 amide bonds. The standard InChI is InChI=1S/C13H17N5OS/c1-20-7-6-12(14)13(19)17-10-2-4-11(5-3-10)18-9-15-8-16-18/h2-5,8-9,12H,6-7,14H2,1H3,(H,17,19)/t12-/m1/s1. The first kappa shape index (κ1) is 14.5. The van der Waals surface area contributed by atoms with Crippen LogP contribution < -0.4 is 11.1 Å². The molecule has 0 aliphatic heterocycles. The Kier molecular flexibility index (Phi) is 5.14. The molecular weight excluding hydrogens is 274 g/mol. The van der Waals surface area contributed by atoms with Crippen molar-refractivity contribution >= 4 is 23.4 Å². The fourth-order valence-corrected chi connectivity index (χ4v) is 2.14. The molecule has 0 fully saturated rings.